The van der Waals surface area contributed by atoms with Gasteiger partial charge in [-0.15, -0.1) is 10.2 Å². The summed E-state index contributed by atoms with van der Waals surface area (Å²) in [5.41, 5.74) is 6.39. The number of hydrogen-bond donors (Lipinski definition) is 3. The molecule has 4 rings (SSSR count). The van der Waals surface area contributed by atoms with E-state index in [9.17, 15) is 29.8 Å². The smallest absolute Gasteiger partial charge is 0.296 e. The molecular weight excluding hydrogens is 570 g/mol. The highest BCUT2D eigenvalue weighted by Gasteiger charge is 2.18. The van der Waals surface area contributed by atoms with Crippen molar-refractivity contribution in [1.82, 2.24) is 0 Å². The van der Waals surface area contributed by atoms with Crippen molar-refractivity contribution in [2.75, 3.05) is 12.0 Å². The molecule has 0 aliphatic rings. The van der Waals surface area contributed by atoms with Crippen LogP contribution in [0.3, 0.4) is 0 Å². The number of sulfone groups is 1. The van der Waals surface area contributed by atoms with Crippen molar-refractivity contribution >= 4 is 69.3 Å². The molecule has 16 heteroatoms. The van der Waals surface area contributed by atoms with Crippen LogP contribution in [0.1, 0.15) is 0 Å². The van der Waals surface area contributed by atoms with Gasteiger partial charge in [-0.3, -0.25) is 9.11 Å². The number of hydrogen-bond acceptors (Lipinski definition) is 11. The summed E-state index contributed by atoms with van der Waals surface area (Å²) < 4.78 is 89.6. The molecule has 4 aromatic carbocycles. The third-order valence-corrected chi connectivity index (χ3v) is 8.20. The monoisotopic (exact) mass is 589 g/mol. The van der Waals surface area contributed by atoms with E-state index in [2.05, 4.69) is 20.5 Å². The lowest BCUT2D eigenvalue weighted by molar-refractivity contribution is 0.481. The van der Waals surface area contributed by atoms with Crippen LogP contribution in [0.2, 0.25) is 0 Å². The maximum atomic E-state index is 12.2. The zero-order chi connectivity index (χ0) is 28.6. The van der Waals surface area contributed by atoms with E-state index in [1.807, 2.05) is 0 Å². The summed E-state index contributed by atoms with van der Waals surface area (Å²) in [5, 5.41) is 16.4. The summed E-state index contributed by atoms with van der Waals surface area (Å²) in [6.45, 7) is 0. The van der Waals surface area contributed by atoms with Gasteiger partial charge in [-0.05, 0) is 60.7 Å². The predicted octanol–water partition coefficient (Wildman–Crippen LogP) is 5.15. The summed E-state index contributed by atoms with van der Waals surface area (Å²) in [6.07, 6.45) is 1.04. The molecule has 4 N–H and O–H groups in total. The molecule has 0 saturated carbocycles. The second-order valence-corrected chi connectivity index (χ2v) is 12.9. The number of rotatable bonds is 7. The van der Waals surface area contributed by atoms with Crippen LogP contribution in [-0.4, -0.2) is 40.6 Å². The molecule has 0 aromatic heterocycles. The van der Waals surface area contributed by atoms with Crippen molar-refractivity contribution in [3.05, 3.63) is 72.8 Å². The third kappa shape index (κ3) is 6.32. The van der Waals surface area contributed by atoms with Crippen molar-refractivity contribution in [3.8, 4) is 0 Å². The Morgan fingerprint density at radius 2 is 1.23 bits per heavy atom. The summed E-state index contributed by atoms with van der Waals surface area (Å²) in [5.74, 6) is 0. The summed E-state index contributed by atoms with van der Waals surface area (Å²) in [4.78, 5) is -0.970. The Hall–Kier alpha value is -4.09. The van der Waals surface area contributed by atoms with Crippen molar-refractivity contribution in [3.63, 3.8) is 0 Å². The van der Waals surface area contributed by atoms with E-state index >= 15 is 0 Å². The number of anilines is 1. The van der Waals surface area contributed by atoms with Gasteiger partial charge >= 0.3 is 0 Å². The number of nitrogen functional groups attached to an aromatic ring is 1. The largest absolute Gasteiger partial charge is 0.398 e. The van der Waals surface area contributed by atoms with Gasteiger partial charge < -0.3 is 5.73 Å². The highest BCUT2D eigenvalue weighted by molar-refractivity contribution is 7.91. The second kappa shape index (κ2) is 10.2. The summed E-state index contributed by atoms with van der Waals surface area (Å²) in [6, 6.07) is 15.8. The molecule has 39 heavy (non-hydrogen) atoms. The molecule has 0 atom stereocenters. The molecule has 0 saturated heterocycles. The topological polar surface area (TPSA) is 218 Å². The zero-order valence-corrected chi connectivity index (χ0v) is 22.3. The SMILES string of the molecule is CS(=O)(=O)c1cccc2c(N=Nc3ccc(N=Nc4ccc(S(=O)(=O)O)cc4)cc3S(=O)(=O)O)ccc(N)c12. The molecule has 4 aromatic rings. The maximum Gasteiger partial charge on any atom is 0.296 e. The molecule has 13 nitrogen and oxygen atoms in total. The van der Waals surface area contributed by atoms with Gasteiger partial charge in [0.2, 0.25) is 0 Å². The Morgan fingerprint density at radius 3 is 1.85 bits per heavy atom. The van der Waals surface area contributed by atoms with Crippen molar-refractivity contribution in [2.45, 2.75) is 14.7 Å². The van der Waals surface area contributed by atoms with Gasteiger partial charge in [0.1, 0.15) is 10.6 Å². The van der Waals surface area contributed by atoms with Gasteiger partial charge in [-0.2, -0.15) is 27.1 Å². The van der Waals surface area contributed by atoms with Crippen LogP contribution in [0.4, 0.5) is 28.4 Å². The van der Waals surface area contributed by atoms with E-state index in [0.29, 0.717) is 5.39 Å². The Balaban J connectivity index is 1.72. The number of fused-ring (bicyclic) bond motifs is 1. The molecule has 0 fully saturated rings. The first-order valence-corrected chi connectivity index (χ1v) is 15.5. The average molecular weight is 590 g/mol. The minimum Gasteiger partial charge on any atom is -0.398 e. The van der Waals surface area contributed by atoms with Crippen molar-refractivity contribution < 1.29 is 34.4 Å². The standard InChI is InChI=1S/C23H19N5O8S3/c1-37(29,30)21-4-2-3-17-19(12-10-18(24)23(17)21)27-28-20-11-7-15(13-22(20)39(34,35)36)26-25-14-5-8-16(9-6-14)38(31,32)33/h2-13H,24H2,1H3,(H,31,32,33)(H,34,35,36). The lowest BCUT2D eigenvalue weighted by Crippen LogP contribution is -2.00. The summed E-state index contributed by atoms with van der Waals surface area (Å²) in [7, 11) is -12.8. The van der Waals surface area contributed by atoms with Crippen LogP contribution >= 0.6 is 0 Å². The first kappa shape index (κ1) is 27.9. The summed E-state index contributed by atoms with van der Waals surface area (Å²) >= 11 is 0. The highest BCUT2D eigenvalue weighted by atomic mass is 32.2. The van der Waals surface area contributed by atoms with Crippen LogP contribution in [-0.2, 0) is 30.1 Å². The van der Waals surface area contributed by atoms with Gasteiger partial charge in [-0.1, -0.05) is 12.1 Å². The lowest BCUT2D eigenvalue weighted by atomic mass is 10.1. The van der Waals surface area contributed by atoms with E-state index in [0.717, 1.165) is 24.5 Å². The lowest BCUT2D eigenvalue weighted by Gasteiger charge is -2.09. The van der Waals surface area contributed by atoms with Crippen LogP contribution in [0.5, 0.6) is 0 Å². The Labute approximate surface area is 223 Å². The molecule has 0 unspecified atom stereocenters. The van der Waals surface area contributed by atoms with Crippen LogP contribution in [0, 0.1) is 0 Å². The first-order valence-electron chi connectivity index (χ1n) is 10.7. The predicted molar refractivity (Wildman–Crippen MR) is 142 cm³/mol. The maximum absolute atomic E-state index is 12.2. The number of nitrogens with two attached hydrogens (primary N) is 1. The zero-order valence-electron chi connectivity index (χ0n) is 19.9. The number of nitrogens with zero attached hydrogens (tertiary/aromatic N) is 4. The van der Waals surface area contributed by atoms with E-state index < -0.39 is 35.0 Å². The molecule has 0 heterocycles. The fourth-order valence-electron chi connectivity index (χ4n) is 3.54. The quantitative estimate of drug-likeness (QED) is 0.147. The minimum atomic E-state index is -4.79. The van der Waals surface area contributed by atoms with Crippen LogP contribution in [0.15, 0.2) is 108 Å². The van der Waals surface area contributed by atoms with Gasteiger partial charge in [0.05, 0.1) is 26.9 Å². The highest BCUT2D eigenvalue weighted by Crippen LogP contribution is 2.37. The number of benzene rings is 4. The molecule has 0 amide bonds. The van der Waals surface area contributed by atoms with Crippen LogP contribution in [0.25, 0.3) is 10.8 Å². The Kier molecular flexibility index (Phi) is 7.33. The third-order valence-electron chi connectivity index (χ3n) is 5.31. The molecule has 0 bridgehead atoms. The molecule has 0 radical (unpaired) electrons. The van der Waals surface area contributed by atoms with Crippen molar-refractivity contribution in [1.29, 1.82) is 0 Å². The Morgan fingerprint density at radius 1 is 0.641 bits per heavy atom. The normalized spacial score (nSPS) is 13.0. The molecular formula is C23H19N5O8S3. The molecule has 0 spiro atoms. The number of azo groups is 2. The molecule has 202 valence electrons. The van der Waals surface area contributed by atoms with Gasteiger partial charge in [-0.25, -0.2) is 8.42 Å². The van der Waals surface area contributed by atoms with Gasteiger partial charge in [0, 0.05) is 22.7 Å². The average Bonchev–Trinajstić information content (AvgIpc) is 2.86. The molecule has 0 aliphatic carbocycles. The van der Waals surface area contributed by atoms with Crippen molar-refractivity contribution in [2.24, 2.45) is 20.5 Å². The van der Waals surface area contributed by atoms with Gasteiger partial charge in [0.25, 0.3) is 20.2 Å². The van der Waals surface area contributed by atoms with E-state index in [1.165, 1.54) is 48.5 Å². The van der Waals surface area contributed by atoms with Gasteiger partial charge in [0.15, 0.2) is 9.84 Å². The molecule has 0 aliphatic heterocycles. The fraction of sp³-hybridized carbons (Fsp3) is 0.0435. The Bertz CT molecular complexity index is 1990. The van der Waals surface area contributed by atoms with E-state index in [4.69, 9.17) is 10.3 Å². The van der Waals surface area contributed by atoms with E-state index in [1.54, 1.807) is 6.07 Å². The second-order valence-electron chi connectivity index (χ2n) is 8.12. The van der Waals surface area contributed by atoms with Crippen LogP contribution < -0.4 is 5.73 Å². The fourth-order valence-corrected chi connectivity index (χ4v) is 5.59. The minimum absolute atomic E-state index is 0.00415. The van der Waals surface area contributed by atoms with E-state index in [-0.39, 0.29) is 43.6 Å². The first-order chi connectivity index (χ1) is 18.1.